The SMILES string of the molecule is CCc1ccc(S(=O)(=O)NCc2cn(-c3cccnc3)nn2)cc1. The second-order valence-electron chi connectivity index (χ2n) is 5.19. The predicted molar refractivity (Wildman–Crippen MR) is 89.0 cm³/mol. The molecule has 7 nitrogen and oxygen atoms in total. The molecule has 8 heteroatoms. The van der Waals surface area contributed by atoms with Gasteiger partial charge in [-0.15, -0.1) is 5.10 Å². The summed E-state index contributed by atoms with van der Waals surface area (Å²) in [6.07, 6.45) is 5.85. The van der Waals surface area contributed by atoms with E-state index in [0.717, 1.165) is 17.7 Å². The minimum atomic E-state index is -3.58. The van der Waals surface area contributed by atoms with Gasteiger partial charge in [0.05, 0.1) is 35.2 Å². The summed E-state index contributed by atoms with van der Waals surface area (Å²) in [7, 11) is -3.58. The van der Waals surface area contributed by atoms with E-state index in [9.17, 15) is 8.42 Å². The van der Waals surface area contributed by atoms with Gasteiger partial charge in [0.2, 0.25) is 10.0 Å². The van der Waals surface area contributed by atoms with Gasteiger partial charge in [0.15, 0.2) is 0 Å². The summed E-state index contributed by atoms with van der Waals surface area (Å²) in [4.78, 5) is 4.24. The van der Waals surface area contributed by atoms with Crippen molar-refractivity contribution in [3.05, 3.63) is 66.2 Å². The number of rotatable bonds is 6. The average Bonchev–Trinajstić information content (AvgIpc) is 3.10. The Bertz CT molecular complexity index is 905. The first-order valence-corrected chi connectivity index (χ1v) is 8.97. The molecule has 3 rings (SSSR count). The molecule has 124 valence electrons. The third-order valence-corrected chi connectivity index (χ3v) is 4.95. The summed E-state index contributed by atoms with van der Waals surface area (Å²) in [5, 5.41) is 7.95. The van der Waals surface area contributed by atoms with Crippen LogP contribution < -0.4 is 4.72 Å². The Morgan fingerprint density at radius 3 is 2.62 bits per heavy atom. The molecule has 2 aromatic heterocycles. The molecule has 2 heterocycles. The fraction of sp³-hybridized carbons (Fsp3) is 0.188. The molecule has 0 saturated heterocycles. The zero-order valence-corrected chi connectivity index (χ0v) is 13.9. The first-order valence-electron chi connectivity index (χ1n) is 7.49. The number of sulfonamides is 1. The highest BCUT2D eigenvalue weighted by molar-refractivity contribution is 7.89. The van der Waals surface area contributed by atoms with Crippen molar-refractivity contribution in [3.8, 4) is 5.69 Å². The highest BCUT2D eigenvalue weighted by atomic mass is 32.2. The van der Waals surface area contributed by atoms with Crippen LogP contribution in [0.4, 0.5) is 0 Å². The molecule has 0 aliphatic heterocycles. The Balaban J connectivity index is 1.69. The van der Waals surface area contributed by atoms with Crippen molar-refractivity contribution in [2.75, 3.05) is 0 Å². The number of nitrogens with zero attached hydrogens (tertiary/aromatic N) is 4. The van der Waals surface area contributed by atoms with E-state index in [2.05, 4.69) is 20.0 Å². The quantitative estimate of drug-likeness (QED) is 0.736. The molecule has 1 aromatic carbocycles. The van der Waals surface area contributed by atoms with Crippen LogP contribution in [0.3, 0.4) is 0 Å². The topological polar surface area (TPSA) is 89.8 Å². The molecular formula is C16H17N5O2S. The molecule has 0 spiro atoms. The van der Waals surface area contributed by atoms with E-state index in [0.29, 0.717) is 5.69 Å². The number of benzene rings is 1. The lowest BCUT2D eigenvalue weighted by Gasteiger charge is -2.05. The predicted octanol–water partition coefficient (Wildman–Crippen LogP) is 1.70. The Hall–Kier alpha value is -2.58. The molecule has 1 N–H and O–H groups in total. The molecule has 0 aliphatic carbocycles. The van der Waals surface area contributed by atoms with Crippen molar-refractivity contribution in [1.29, 1.82) is 0 Å². The van der Waals surface area contributed by atoms with Crippen LogP contribution in [0.1, 0.15) is 18.2 Å². The van der Waals surface area contributed by atoms with E-state index in [1.807, 2.05) is 25.1 Å². The smallest absolute Gasteiger partial charge is 0.240 e. The van der Waals surface area contributed by atoms with Gasteiger partial charge >= 0.3 is 0 Å². The highest BCUT2D eigenvalue weighted by Crippen LogP contribution is 2.11. The van der Waals surface area contributed by atoms with Gasteiger partial charge in [-0.25, -0.2) is 17.8 Å². The second-order valence-corrected chi connectivity index (χ2v) is 6.95. The van der Waals surface area contributed by atoms with Crippen molar-refractivity contribution >= 4 is 10.0 Å². The number of hydrogen-bond donors (Lipinski definition) is 1. The second kappa shape index (κ2) is 6.90. The van der Waals surface area contributed by atoms with E-state index >= 15 is 0 Å². The van der Waals surface area contributed by atoms with Gasteiger partial charge in [-0.1, -0.05) is 24.3 Å². The molecular weight excluding hydrogens is 326 g/mol. The lowest BCUT2D eigenvalue weighted by Crippen LogP contribution is -2.23. The van der Waals surface area contributed by atoms with Crippen LogP contribution in [0.15, 0.2) is 59.9 Å². The number of aryl methyl sites for hydroxylation is 1. The molecule has 3 aromatic rings. The van der Waals surface area contributed by atoms with Crippen LogP contribution >= 0.6 is 0 Å². The maximum atomic E-state index is 12.3. The maximum absolute atomic E-state index is 12.3. The molecule has 0 saturated carbocycles. The Kier molecular flexibility index (Phi) is 4.68. The fourth-order valence-corrected chi connectivity index (χ4v) is 3.15. The van der Waals surface area contributed by atoms with Gasteiger partial charge in [-0.05, 0) is 36.2 Å². The van der Waals surface area contributed by atoms with E-state index in [1.165, 1.54) is 0 Å². The van der Waals surface area contributed by atoms with Crippen LogP contribution in [0.2, 0.25) is 0 Å². The lowest BCUT2D eigenvalue weighted by molar-refractivity contribution is 0.580. The minimum Gasteiger partial charge on any atom is -0.262 e. The standard InChI is InChI=1S/C16H17N5O2S/c1-2-13-5-7-16(8-6-13)24(22,23)18-10-14-12-21(20-19-14)15-4-3-9-17-11-15/h3-9,11-12,18H,2,10H2,1H3. The zero-order valence-electron chi connectivity index (χ0n) is 13.1. The molecule has 24 heavy (non-hydrogen) atoms. The molecule has 0 atom stereocenters. The van der Waals surface area contributed by atoms with Crippen molar-refractivity contribution < 1.29 is 8.42 Å². The Morgan fingerprint density at radius 1 is 1.17 bits per heavy atom. The number of pyridine rings is 1. The first kappa shape index (κ1) is 16.3. The highest BCUT2D eigenvalue weighted by Gasteiger charge is 2.14. The van der Waals surface area contributed by atoms with Gasteiger partial charge in [0.1, 0.15) is 0 Å². The molecule has 0 fully saturated rings. The van der Waals surface area contributed by atoms with Gasteiger partial charge < -0.3 is 0 Å². The third kappa shape index (κ3) is 3.66. The van der Waals surface area contributed by atoms with E-state index < -0.39 is 10.0 Å². The van der Waals surface area contributed by atoms with E-state index in [-0.39, 0.29) is 11.4 Å². The first-order chi connectivity index (χ1) is 11.6. The van der Waals surface area contributed by atoms with Crippen LogP contribution in [0.25, 0.3) is 5.69 Å². The summed E-state index contributed by atoms with van der Waals surface area (Å²) < 4.78 is 28.7. The lowest BCUT2D eigenvalue weighted by atomic mass is 10.2. The summed E-state index contributed by atoms with van der Waals surface area (Å²) in [5.41, 5.74) is 2.37. The summed E-state index contributed by atoms with van der Waals surface area (Å²) >= 11 is 0. The van der Waals surface area contributed by atoms with Gasteiger partial charge in [0.25, 0.3) is 0 Å². The van der Waals surface area contributed by atoms with Crippen LogP contribution in [0.5, 0.6) is 0 Å². The molecule has 0 unspecified atom stereocenters. The van der Waals surface area contributed by atoms with Gasteiger partial charge in [0, 0.05) is 6.20 Å². The summed E-state index contributed by atoms with van der Waals surface area (Å²) in [6.45, 7) is 2.09. The third-order valence-electron chi connectivity index (χ3n) is 3.54. The molecule has 0 aliphatic rings. The monoisotopic (exact) mass is 343 g/mol. The van der Waals surface area contributed by atoms with Crippen molar-refractivity contribution in [3.63, 3.8) is 0 Å². The summed E-state index contributed by atoms with van der Waals surface area (Å²) in [5.74, 6) is 0. The molecule has 0 radical (unpaired) electrons. The number of aromatic nitrogens is 4. The molecule has 0 amide bonds. The normalized spacial score (nSPS) is 11.5. The Morgan fingerprint density at radius 2 is 1.96 bits per heavy atom. The van der Waals surface area contributed by atoms with E-state index in [1.54, 1.807) is 41.5 Å². The summed E-state index contributed by atoms with van der Waals surface area (Å²) in [6, 6.07) is 10.5. The maximum Gasteiger partial charge on any atom is 0.240 e. The van der Waals surface area contributed by atoms with Crippen molar-refractivity contribution in [2.45, 2.75) is 24.8 Å². The van der Waals surface area contributed by atoms with Crippen molar-refractivity contribution in [2.24, 2.45) is 0 Å². The molecule has 0 bridgehead atoms. The van der Waals surface area contributed by atoms with E-state index in [4.69, 9.17) is 0 Å². The average molecular weight is 343 g/mol. The van der Waals surface area contributed by atoms with Crippen LogP contribution in [0, 0.1) is 0 Å². The van der Waals surface area contributed by atoms with Crippen LogP contribution in [-0.4, -0.2) is 28.4 Å². The fourth-order valence-electron chi connectivity index (χ4n) is 2.15. The van der Waals surface area contributed by atoms with Crippen LogP contribution in [-0.2, 0) is 23.0 Å². The minimum absolute atomic E-state index is 0.0676. The zero-order chi connectivity index (χ0) is 17.0. The number of hydrogen-bond acceptors (Lipinski definition) is 5. The largest absolute Gasteiger partial charge is 0.262 e. The van der Waals surface area contributed by atoms with Gasteiger partial charge in [-0.3, -0.25) is 4.98 Å². The Labute approximate surface area is 140 Å². The van der Waals surface area contributed by atoms with Gasteiger partial charge in [-0.2, -0.15) is 0 Å². The number of nitrogens with one attached hydrogen (secondary N) is 1. The van der Waals surface area contributed by atoms with Crippen molar-refractivity contribution in [1.82, 2.24) is 24.7 Å².